The van der Waals surface area contributed by atoms with E-state index >= 15 is 0 Å². The zero-order chi connectivity index (χ0) is 24.2. The largest absolute Gasteiger partial charge is 0.484 e. The number of ether oxygens (including phenoxy) is 2. The number of hydrogen-bond acceptors (Lipinski definition) is 4. The Labute approximate surface area is 205 Å². The summed E-state index contributed by atoms with van der Waals surface area (Å²) in [6.45, 7) is -0.449. The number of nitrogens with one attached hydrogen (secondary N) is 2. The van der Waals surface area contributed by atoms with Gasteiger partial charge in [0.25, 0.3) is 11.8 Å². The third kappa shape index (κ3) is 6.10. The first kappa shape index (κ1) is 24.5. The molecular formula is C24H24Cl2F2N2O4. The van der Waals surface area contributed by atoms with Crippen LogP contribution in [0.5, 0.6) is 11.5 Å². The molecule has 2 aromatic carbocycles. The van der Waals surface area contributed by atoms with Gasteiger partial charge in [0.1, 0.15) is 23.1 Å². The molecule has 2 aliphatic carbocycles. The molecule has 0 aromatic heterocycles. The number of fused-ring (bicyclic) bond motifs is 2. The van der Waals surface area contributed by atoms with Crippen molar-refractivity contribution >= 4 is 35.0 Å². The highest BCUT2D eigenvalue weighted by Gasteiger charge is 2.43. The van der Waals surface area contributed by atoms with Gasteiger partial charge < -0.3 is 20.1 Å². The fourth-order valence-electron chi connectivity index (χ4n) is 4.81. The maximum Gasteiger partial charge on any atom is 0.258 e. The van der Waals surface area contributed by atoms with Gasteiger partial charge >= 0.3 is 0 Å². The second-order valence-corrected chi connectivity index (χ2v) is 9.47. The Morgan fingerprint density at radius 1 is 0.824 bits per heavy atom. The van der Waals surface area contributed by atoms with Gasteiger partial charge in [0, 0.05) is 24.2 Å². The number of halogens is 4. The summed E-state index contributed by atoms with van der Waals surface area (Å²) in [7, 11) is 0. The quantitative estimate of drug-likeness (QED) is 0.545. The van der Waals surface area contributed by atoms with Gasteiger partial charge in [-0.2, -0.15) is 0 Å². The SMILES string of the molecule is O=C(COc1ccc(Cl)c(F)c1)N[C@@H]1C[C@H]2CC[C@@H](C1)[C@H]2NC(=O)COc1ccc(Cl)c(F)c1. The molecule has 4 rings (SSSR count). The molecular weight excluding hydrogens is 489 g/mol. The summed E-state index contributed by atoms with van der Waals surface area (Å²) in [6.07, 6.45) is 3.41. The summed E-state index contributed by atoms with van der Waals surface area (Å²) in [5.41, 5.74) is 0. The van der Waals surface area contributed by atoms with Crippen molar-refractivity contribution in [3.05, 3.63) is 58.1 Å². The Hall–Kier alpha value is -2.58. The van der Waals surface area contributed by atoms with Crippen LogP contribution in [-0.4, -0.2) is 37.1 Å². The Morgan fingerprint density at radius 2 is 1.29 bits per heavy atom. The Kier molecular flexibility index (Phi) is 7.78. The highest BCUT2D eigenvalue weighted by molar-refractivity contribution is 6.31. The highest BCUT2D eigenvalue weighted by Crippen LogP contribution is 2.42. The Morgan fingerprint density at radius 3 is 1.76 bits per heavy atom. The number of amides is 2. The topological polar surface area (TPSA) is 76.7 Å². The molecule has 182 valence electrons. The predicted molar refractivity (Wildman–Crippen MR) is 123 cm³/mol. The van der Waals surface area contributed by atoms with Gasteiger partial charge in [-0.25, -0.2) is 8.78 Å². The molecule has 34 heavy (non-hydrogen) atoms. The smallest absolute Gasteiger partial charge is 0.258 e. The lowest BCUT2D eigenvalue weighted by Crippen LogP contribution is -2.51. The number of carbonyl (C=O) groups is 2. The molecule has 0 heterocycles. The zero-order valence-electron chi connectivity index (χ0n) is 18.2. The van der Waals surface area contributed by atoms with E-state index in [1.165, 1.54) is 24.3 Å². The van der Waals surface area contributed by atoms with Crippen molar-refractivity contribution in [1.82, 2.24) is 10.6 Å². The Balaban J connectivity index is 1.22. The van der Waals surface area contributed by atoms with E-state index < -0.39 is 11.6 Å². The van der Waals surface area contributed by atoms with Crippen molar-refractivity contribution in [3.63, 3.8) is 0 Å². The van der Waals surface area contributed by atoms with Crippen LogP contribution < -0.4 is 20.1 Å². The first-order valence-corrected chi connectivity index (χ1v) is 11.8. The Bertz CT molecular complexity index is 1060. The summed E-state index contributed by atoms with van der Waals surface area (Å²) in [5, 5.41) is 6.00. The van der Waals surface area contributed by atoms with E-state index in [-0.39, 0.29) is 70.5 Å². The third-order valence-electron chi connectivity index (χ3n) is 6.31. The van der Waals surface area contributed by atoms with Crippen LogP contribution in [0.2, 0.25) is 10.0 Å². The van der Waals surface area contributed by atoms with Gasteiger partial charge in [-0.15, -0.1) is 0 Å². The molecule has 2 fully saturated rings. The van der Waals surface area contributed by atoms with Crippen LogP contribution in [0, 0.1) is 23.5 Å². The van der Waals surface area contributed by atoms with Gasteiger partial charge in [-0.3, -0.25) is 9.59 Å². The fourth-order valence-corrected chi connectivity index (χ4v) is 5.04. The molecule has 2 saturated carbocycles. The summed E-state index contributed by atoms with van der Waals surface area (Å²) in [4.78, 5) is 24.7. The zero-order valence-corrected chi connectivity index (χ0v) is 19.7. The molecule has 2 amide bonds. The van der Waals surface area contributed by atoms with E-state index in [1.807, 2.05) is 0 Å². The second-order valence-electron chi connectivity index (χ2n) is 8.66. The lowest BCUT2D eigenvalue weighted by atomic mass is 9.81. The van der Waals surface area contributed by atoms with Crippen LogP contribution in [-0.2, 0) is 9.59 Å². The van der Waals surface area contributed by atoms with Gasteiger partial charge in [0.2, 0.25) is 0 Å². The van der Waals surface area contributed by atoms with Gasteiger partial charge in [0.05, 0.1) is 10.0 Å². The van der Waals surface area contributed by atoms with Crippen molar-refractivity contribution in [1.29, 1.82) is 0 Å². The maximum atomic E-state index is 13.5. The van der Waals surface area contributed by atoms with Crippen molar-refractivity contribution < 1.29 is 27.8 Å². The van der Waals surface area contributed by atoms with Crippen molar-refractivity contribution in [2.45, 2.75) is 37.8 Å². The minimum absolute atomic E-state index is 0.0114. The fraction of sp³-hybridized carbons (Fsp3) is 0.417. The summed E-state index contributed by atoms with van der Waals surface area (Å²) in [6, 6.07) is 8.02. The molecule has 6 nitrogen and oxygen atoms in total. The molecule has 2 bridgehead atoms. The van der Waals surface area contributed by atoms with Crippen molar-refractivity contribution in [2.24, 2.45) is 11.8 Å². The summed E-state index contributed by atoms with van der Waals surface area (Å²) < 4.78 is 37.7. The molecule has 0 aliphatic heterocycles. The van der Waals surface area contributed by atoms with Crippen LogP contribution in [0.4, 0.5) is 8.78 Å². The van der Waals surface area contributed by atoms with Crippen LogP contribution >= 0.6 is 23.2 Å². The first-order valence-electron chi connectivity index (χ1n) is 11.0. The number of rotatable bonds is 8. The third-order valence-corrected chi connectivity index (χ3v) is 6.93. The van der Waals surface area contributed by atoms with Crippen LogP contribution in [0.25, 0.3) is 0 Å². The van der Waals surface area contributed by atoms with E-state index in [4.69, 9.17) is 32.7 Å². The molecule has 0 spiro atoms. The molecule has 0 unspecified atom stereocenters. The minimum Gasteiger partial charge on any atom is -0.484 e. The minimum atomic E-state index is -0.609. The average molecular weight is 513 g/mol. The monoisotopic (exact) mass is 512 g/mol. The maximum absolute atomic E-state index is 13.5. The number of carbonyl (C=O) groups excluding carboxylic acids is 2. The predicted octanol–water partition coefficient (Wildman–Crippen LogP) is 4.52. The van der Waals surface area contributed by atoms with Crippen LogP contribution in [0.15, 0.2) is 36.4 Å². The molecule has 2 aliphatic rings. The molecule has 10 heteroatoms. The standard InChI is InChI=1S/C24H24Cl2F2N2O4/c25-18-5-3-16(9-20(18)27)33-11-22(31)29-15-7-13-1-2-14(8-15)24(13)30-23(32)12-34-17-4-6-19(26)21(28)10-17/h3-6,9-10,13-15,24H,1-2,7-8,11-12H2,(H,29,31)(H,30,32)/t13-,14+,15-,24+. The lowest BCUT2D eigenvalue weighted by molar-refractivity contribution is -0.126. The van der Waals surface area contributed by atoms with Gasteiger partial charge in [-0.05, 0) is 61.8 Å². The van der Waals surface area contributed by atoms with Crippen molar-refractivity contribution in [3.8, 4) is 11.5 Å². The van der Waals surface area contributed by atoms with Crippen LogP contribution in [0.1, 0.15) is 25.7 Å². The lowest BCUT2D eigenvalue weighted by Gasteiger charge is -2.36. The first-order chi connectivity index (χ1) is 16.3. The number of hydrogen-bond donors (Lipinski definition) is 2. The molecule has 2 N–H and O–H groups in total. The van der Waals surface area contributed by atoms with Crippen LogP contribution in [0.3, 0.4) is 0 Å². The van der Waals surface area contributed by atoms with Gasteiger partial charge in [-0.1, -0.05) is 23.2 Å². The van der Waals surface area contributed by atoms with E-state index in [1.54, 1.807) is 0 Å². The van der Waals surface area contributed by atoms with Crippen molar-refractivity contribution in [2.75, 3.05) is 13.2 Å². The molecule has 4 atom stereocenters. The summed E-state index contributed by atoms with van der Waals surface area (Å²) >= 11 is 11.3. The highest BCUT2D eigenvalue weighted by atomic mass is 35.5. The second kappa shape index (κ2) is 10.8. The van der Waals surface area contributed by atoms with E-state index in [2.05, 4.69) is 10.6 Å². The molecule has 0 saturated heterocycles. The van der Waals surface area contributed by atoms with E-state index in [9.17, 15) is 18.4 Å². The normalized spacial score (nSPS) is 23.3. The van der Waals surface area contributed by atoms with E-state index in [0.29, 0.717) is 0 Å². The number of benzene rings is 2. The van der Waals surface area contributed by atoms with Gasteiger partial charge in [0.15, 0.2) is 13.2 Å². The molecule has 2 aromatic rings. The average Bonchev–Trinajstić information content (AvgIpc) is 3.02. The van der Waals surface area contributed by atoms with E-state index in [0.717, 1.165) is 37.8 Å². The summed E-state index contributed by atoms with van der Waals surface area (Å²) in [5.74, 6) is -0.832. The molecule has 0 radical (unpaired) electrons.